The average Bonchev–Trinajstić information content (AvgIpc) is 3.34. The number of carbonyl (C=O) groups is 1. The number of nitrogens with zero attached hydrogens (tertiary/aromatic N) is 3. The minimum Gasteiger partial charge on any atom is -0.452 e. The molecule has 0 aliphatic rings. The van der Waals surface area contributed by atoms with E-state index in [1.807, 2.05) is 0 Å². The highest BCUT2D eigenvalue weighted by Gasteiger charge is 2.16. The molecule has 2 aromatic carbocycles. The number of hydrogen-bond acceptors (Lipinski definition) is 6. The van der Waals surface area contributed by atoms with Crippen LogP contribution in [-0.2, 0) is 0 Å². The second-order valence-electron chi connectivity index (χ2n) is 7.37. The Morgan fingerprint density at radius 2 is 1.78 bits per heavy atom. The Bertz CT molecular complexity index is 1710. The lowest BCUT2D eigenvalue weighted by Crippen LogP contribution is -2.35. The summed E-state index contributed by atoms with van der Waals surface area (Å²) in [6.45, 7) is 0. The minimum atomic E-state index is -1.11. The molecule has 5 aromatic rings. The minimum absolute atomic E-state index is 0.0238. The van der Waals surface area contributed by atoms with Crippen molar-refractivity contribution < 1.29 is 23.0 Å². The maximum absolute atomic E-state index is 14.7. The first-order valence-corrected chi connectivity index (χ1v) is 10.4. The van der Waals surface area contributed by atoms with Crippen molar-refractivity contribution in [2.45, 2.75) is 0 Å². The maximum Gasteiger partial charge on any atom is 0.417 e. The first kappa shape index (κ1) is 22.5. The molecule has 0 saturated carbocycles. The summed E-state index contributed by atoms with van der Waals surface area (Å²) in [5.74, 6) is -1.55. The first-order chi connectivity index (χ1) is 17.4. The highest BCUT2D eigenvalue weighted by molar-refractivity contribution is 5.86. The molecule has 0 aliphatic heterocycles. The van der Waals surface area contributed by atoms with Gasteiger partial charge in [0, 0.05) is 18.0 Å². The average molecular weight is 491 g/mol. The van der Waals surface area contributed by atoms with Crippen LogP contribution in [-0.4, -0.2) is 25.3 Å². The Balaban J connectivity index is 1.32. The molecular weight excluding hydrogens is 476 g/mol. The molecule has 3 aromatic heterocycles. The van der Waals surface area contributed by atoms with Crippen molar-refractivity contribution in [1.29, 1.82) is 0 Å². The molecule has 0 unspecified atom stereocenters. The van der Waals surface area contributed by atoms with Gasteiger partial charge in [-0.3, -0.25) is 10.1 Å². The van der Waals surface area contributed by atoms with Gasteiger partial charge in [-0.2, -0.15) is 5.10 Å². The molecule has 0 atom stereocenters. The second kappa shape index (κ2) is 9.18. The van der Waals surface area contributed by atoms with Gasteiger partial charge in [-0.1, -0.05) is 0 Å². The third kappa shape index (κ3) is 4.42. The lowest BCUT2D eigenvalue weighted by atomic mass is 10.3. The van der Waals surface area contributed by atoms with Crippen molar-refractivity contribution in [1.82, 2.24) is 19.2 Å². The number of aromatic amines is 1. The highest BCUT2D eigenvalue weighted by atomic mass is 19.1. The molecule has 3 heterocycles. The van der Waals surface area contributed by atoms with E-state index >= 15 is 0 Å². The van der Waals surface area contributed by atoms with E-state index < -0.39 is 34.7 Å². The molecule has 2 N–H and O–H groups in total. The normalized spacial score (nSPS) is 10.8. The van der Waals surface area contributed by atoms with Gasteiger partial charge in [0.1, 0.15) is 11.3 Å². The molecule has 0 radical (unpaired) electrons. The van der Waals surface area contributed by atoms with E-state index in [0.29, 0.717) is 15.8 Å². The lowest BCUT2D eigenvalue weighted by Gasteiger charge is -2.11. The van der Waals surface area contributed by atoms with Gasteiger partial charge in [-0.15, -0.1) is 0 Å². The number of halogens is 2. The Morgan fingerprint density at radius 3 is 2.56 bits per heavy atom. The predicted octanol–water partition coefficient (Wildman–Crippen LogP) is 3.85. The summed E-state index contributed by atoms with van der Waals surface area (Å²) in [5, 5.41) is 6.38. The number of rotatable bonds is 5. The number of H-pyrrole nitrogens is 1. The van der Waals surface area contributed by atoms with Crippen molar-refractivity contribution in [3.05, 3.63) is 112 Å². The van der Waals surface area contributed by atoms with Crippen molar-refractivity contribution in [3.8, 4) is 22.9 Å². The quantitative estimate of drug-likeness (QED) is 0.385. The van der Waals surface area contributed by atoms with Gasteiger partial charge < -0.3 is 14.5 Å². The Kier molecular flexibility index (Phi) is 5.74. The van der Waals surface area contributed by atoms with Gasteiger partial charge in [0.2, 0.25) is 5.75 Å². The van der Waals surface area contributed by atoms with Crippen LogP contribution in [0.1, 0.15) is 0 Å². The van der Waals surface area contributed by atoms with Crippen LogP contribution in [0.15, 0.2) is 88.8 Å². The summed E-state index contributed by atoms with van der Waals surface area (Å²) in [6, 6.07) is 13.3. The van der Waals surface area contributed by atoms with Gasteiger partial charge in [0.15, 0.2) is 17.3 Å². The summed E-state index contributed by atoms with van der Waals surface area (Å²) in [6.07, 6.45) is 3.10. The van der Waals surface area contributed by atoms with Crippen LogP contribution in [0.4, 0.5) is 19.3 Å². The summed E-state index contributed by atoms with van der Waals surface area (Å²) >= 11 is 0. The fourth-order valence-corrected chi connectivity index (χ4v) is 3.39. The zero-order valence-corrected chi connectivity index (χ0v) is 18.1. The fraction of sp³-hybridized carbons (Fsp3) is 0. The van der Waals surface area contributed by atoms with Crippen LogP contribution >= 0.6 is 0 Å². The van der Waals surface area contributed by atoms with E-state index in [4.69, 9.17) is 9.47 Å². The molecule has 0 spiro atoms. The number of ether oxygens (including phenoxy) is 2. The third-order valence-electron chi connectivity index (χ3n) is 5.03. The molecule has 12 heteroatoms. The standard InChI is InChI=1S/C24H15F2N5O5/c25-14-3-6-16(7-4-14)31-22(32)21(13-27-23(31)33)36-24(34)29-15-5-8-19(17(26)12-15)35-20-2-1-11-30-18(20)9-10-28-30/h1-13H,(H,27,33)(H,29,34). The molecule has 1 amide bonds. The number of fused-ring (bicyclic) bond motifs is 1. The molecule has 0 bridgehead atoms. The molecule has 0 aliphatic carbocycles. The van der Waals surface area contributed by atoms with Crippen LogP contribution in [0.2, 0.25) is 0 Å². The summed E-state index contributed by atoms with van der Waals surface area (Å²) in [4.78, 5) is 39.4. The third-order valence-corrected chi connectivity index (χ3v) is 5.03. The van der Waals surface area contributed by atoms with Gasteiger partial charge >= 0.3 is 17.3 Å². The van der Waals surface area contributed by atoms with Crippen molar-refractivity contribution in [2.24, 2.45) is 0 Å². The molecule has 0 saturated heterocycles. The summed E-state index contributed by atoms with van der Waals surface area (Å²) in [5.41, 5.74) is -1.04. The van der Waals surface area contributed by atoms with Gasteiger partial charge in [0.25, 0.3) is 0 Å². The Morgan fingerprint density at radius 1 is 0.972 bits per heavy atom. The van der Waals surface area contributed by atoms with E-state index in [-0.39, 0.29) is 17.1 Å². The molecule has 36 heavy (non-hydrogen) atoms. The van der Waals surface area contributed by atoms with Crippen molar-refractivity contribution in [3.63, 3.8) is 0 Å². The number of carbonyl (C=O) groups excluding carboxylic acids is 1. The Labute approximate surface area is 200 Å². The van der Waals surface area contributed by atoms with Crippen LogP contribution in [0.3, 0.4) is 0 Å². The molecule has 10 nitrogen and oxygen atoms in total. The van der Waals surface area contributed by atoms with Crippen LogP contribution in [0, 0.1) is 11.6 Å². The number of hydrogen-bond donors (Lipinski definition) is 2. The smallest absolute Gasteiger partial charge is 0.417 e. The highest BCUT2D eigenvalue weighted by Crippen LogP contribution is 2.29. The van der Waals surface area contributed by atoms with Gasteiger partial charge in [-0.25, -0.2) is 27.5 Å². The number of nitrogens with one attached hydrogen (secondary N) is 2. The molecule has 0 fully saturated rings. The zero-order valence-electron chi connectivity index (χ0n) is 18.1. The van der Waals surface area contributed by atoms with Crippen LogP contribution in [0.25, 0.3) is 11.2 Å². The number of amides is 1. The van der Waals surface area contributed by atoms with Gasteiger partial charge in [0.05, 0.1) is 18.1 Å². The number of benzene rings is 2. The maximum atomic E-state index is 14.7. The first-order valence-electron chi connectivity index (χ1n) is 10.4. The van der Waals surface area contributed by atoms with Crippen molar-refractivity contribution in [2.75, 3.05) is 5.32 Å². The largest absolute Gasteiger partial charge is 0.452 e. The summed E-state index contributed by atoms with van der Waals surface area (Å²) < 4.78 is 40.7. The van der Waals surface area contributed by atoms with E-state index in [1.165, 1.54) is 24.3 Å². The van der Waals surface area contributed by atoms with Crippen molar-refractivity contribution >= 4 is 17.3 Å². The number of anilines is 1. The van der Waals surface area contributed by atoms with Gasteiger partial charge in [-0.05, 0) is 54.6 Å². The predicted molar refractivity (Wildman–Crippen MR) is 124 cm³/mol. The monoisotopic (exact) mass is 491 g/mol. The molecular formula is C24H15F2N5O5. The van der Waals surface area contributed by atoms with Crippen LogP contribution < -0.4 is 26.0 Å². The summed E-state index contributed by atoms with van der Waals surface area (Å²) in [7, 11) is 0. The number of pyridine rings is 1. The van der Waals surface area contributed by atoms with E-state index in [2.05, 4.69) is 15.4 Å². The molecule has 5 rings (SSSR count). The fourth-order valence-electron chi connectivity index (χ4n) is 3.39. The van der Waals surface area contributed by atoms with E-state index in [1.54, 1.807) is 35.1 Å². The SMILES string of the molecule is O=C(Nc1ccc(Oc2cccn3nccc23)c(F)c1)Oc1c[nH]c(=O)n(-c2ccc(F)cc2)c1=O. The van der Waals surface area contributed by atoms with E-state index in [9.17, 15) is 23.2 Å². The lowest BCUT2D eigenvalue weighted by molar-refractivity contribution is 0.214. The second-order valence-corrected chi connectivity index (χ2v) is 7.37. The van der Waals surface area contributed by atoms with Crippen LogP contribution in [0.5, 0.6) is 17.2 Å². The Hall–Kier alpha value is -5.26. The number of aromatic nitrogens is 4. The zero-order chi connectivity index (χ0) is 25.2. The molecule has 180 valence electrons. The van der Waals surface area contributed by atoms with E-state index in [0.717, 1.165) is 24.4 Å². The topological polar surface area (TPSA) is 120 Å².